The summed E-state index contributed by atoms with van der Waals surface area (Å²) in [6, 6.07) is 0. The van der Waals surface area contributed by atoms with Gasteiger partial charge >= 0.3 is 41.5 Å². The van der Waals surface area contributed by atoms with Crippen LogP contribution in [-0.2, 0) is 50.0 Å². The maximum absolute atomic E-state index is 0. The summed E-state index contributed by atoms with van der Waals surface area (Å²) in [5, 5.41) is 0. The molecule has 0 aromatic carbocycles. The van der Waals surface area contributed by atoms with Crippen LogP contribution in [-0.4, -0.2) is 41.5 Å². The molecule has 0 amide bonds. The Bertz CT molecular complexity index is 11.6. The van der Waals surface area contributed by atoms with Gasteiger partial charge in [-0.25, -0.2) is 0 Å². The predicted octanol–water partition coefficient (Wildman–Crippen LogP) is -2.91. The van der Waals surface area contributed by atoms with E-state index in [-0.39, 0.29) is 91.5 Å². The van der Waals surface area contributed by atoms with Crippen molar-refractivity contribution in [3.63, 3.8) is 0 Å². The van der Waals surface area contributed by atoms with Crippen molar-refractivity contribution in [3.8, 4) is 0 Å². The van der Waals surface area contributed by atoms with Crippen LogP contribution in [0.2, 0.25) is 0 Å². The van der Waals surface area contributed by atoms with Crippen LogP contribution in [0, 0.1) is 0 Å². The van der Waals surface area contributed by atoms with E-state index in [1.807, 2.05) is 0 Å². The van der Waals surface area contributed by atoms with Crippen LogP contribution in [0.25, 0.3) is 0 Å². The van der Waals surface area contributed by atoms with Crippen molar-refractivity contribution >= 4 is 55.0 Å². The van der Waals surface area contributed by atoms with Crippen LogP contribution in [0.15, 0.2) is 0 Å². The van der Waals surface area contributed by atoms with Gasteiger partial charge in [0.05, 0.1) is 0 Å². The van der Waals surface area contributed by atoms with Gasteiger partial charge in [-0.2, -0.15) is 0 Å². The molecule has 0 fully saturated rings. The van der Waals surface area contributed by atoms with E-state index in [1.54, 1.807) is 0 Å². The molecule has 0 bridgehead atoms. The summed E-state index contributed by atoms with van der Waals surface area (Å²) in [5.74, 6) is 0. The third-order valence-corrected chi connectivity index (χ3v) is 0. The molecule has 0 aromatic rings. The molecule has 0 nitrogen and oxygen atoms in total. The molecular weight excluding hydrogens is 352 g/mol. The fraction of sp³-hybridized carbons (Fsp3) is 0. The first-order chi connectivity index (χ1) is 0. The summed E-state index contributed by atoms with van der Waals surface area (Å²) in [5.41, 5.74) is 0. The molecule has 0 aliphatic rings. The number of hydrogen-bond donors (Lipinski definition) is 0. The fourth-order valence-electron chi connectivity index (χ4n) is 0. The molecule has 0 aliphatic heterocycles. The Morgan fingerprint density at radius 3 is 1.00 bits per heavy atom. The molecule has 1 radical (unpaired) electrons. The molecule has 5 heteroatoms. The van der Waals surface area contributed by atoms with Crippen LogP contribution in [0.4, 0.5) is 0 Å². The van der Waals surface area contributed by atoms with Crippen LogP contribution in [0.5, 0.6) is 0 Å². The first-order valence-corrected chi connectivity index (χ1v) is 0. The zero-order valence-electron chi connectivity index (χ0n) is 2.46. The molecule has 0 spiro atoms. The van der Waals surface area contributed by atoms with Gasteiger partial charge in [-0.1, -0.05) is 0 Å². The van der Waals surface area contributed by atoms with Gasteiger partial charge in [0.15, 0.2) is 0 Å². The maximum Gasteiger partial charge on any atom is 0 e. The molecule has 0 N–H and O–H groups in total. The first kappa shape index (κ1) is 45.5. The maximum atomic E-state index is 0. The minimum atomic E-state index is 0. The average Bonchev–Trinajstić information content (AvgIpc) is 0. The van der Waals surface area contributed by atoms with Gasteiger partial charge in [0, 0.05) is 36.5 Å². The number of rotatable bonds is 0. The van der Waals surface area contributed by atoms with Crippen molar-refractivity contribution in [2.75, 3.05) is 0 Å². The molecule has 0 unspecified atom stereocenters. The molecule has 0 saturated carbocycles. The van der Waals surface area contributed by atoms with Gasteiger partial charge in [0.2, 0.25) is 0 Å². The molecule has 0 saturated heterocycles. The van der Waals surface area contributed by atoms with E-state index in [4.69, 9.17) is 0 Å². The minimum Gasteiger partial charge on any atom is 0 e. The van der Waals surface area contributed by atoms with Gasteiger partial charge in [-0.05, 0) is 0 Å². The van der Waals surface area contributed by atoms with Crippen molar-refractivity contribution in [1.82, 2.24) is 0 Å². The molecule has 5 heavy (non-hydrogen) atoms. The Labute approximate surface area is 90.2 Å². The van der Waals surface area contributed by atoms with Crippen LogP contribution < -0.4 is 0 Å². The van der Waals surface area contributed by atoms with E-state index in [9.17, 15) is 0 Å². The number of hydrogen-bond acceptors (Lipinski definition) is 1. The van der Waals surface area contributed by atoms with Crippen molar-refractivity contribution in [2.24, 2.45) is 0 Å². The van der Waals surface area contributed by atoms with Crippen molar-refractivity contribution in [3.05, 3.63) is 0 Å². The summed E-state index contributed by atoms with van der Waals surface area (Å²) in [6.45, 7) is 0. The molecular formula is H8CuGeSSnZn. The summed E-state index contributed by atoms with van der Waals surface area (Å²) in [7, 11) is 0. The van der Waals surface area contributed by atoms with E-state index < -0.39 is 0 Å². The second kappa shape index (κ2) is 29.0. The normalized spacial score (nSPS) is 0. The quantitative estimate of drug-likeness (QED) is 0.254. The fourth-order valence-corrected chi connectivity index (χ4v) is 0. The Balaban J connectivity index is 0. The zero-order chi connectivity index (χ0) is 0. The topological polar surface area (TPSA) is 0 Å². The summed E-state index contributed by atoms with van der Waals surface area (Å²) < 4.78 is 0. The summed E-state index contributed by atoms with van der Waals surface area (Å²) >= 11 is 0. The third kappa shape index (κ3) is 19.9. The predicted molar refractivity (Wildman–Crippen MR) is 30.0 cm³/mol. The average molecular weight is 360 g/mol. The van der Waals surface area contributed by atoms with Gasteiger partial charge in [0.1, 0.15) is 0 Å². The first-order valence-electron chi connectivity index (χ1n) is 0. The van der Waals surface area contributed by atoms with Gasteiger partial charge in [-0.3, -0.25) is 0 Å². The molecule has 35 valence electrons. The molecule has 0 aromatic heterocycles. The van der Waals surface area contributed by atoms with Crippen LogP contribution in [0.1, 0.15) is 0 Å². The van der Waals surface area contributed by atoms with Crippen molar-refractivity contribution < 1.29 is 36.5 Å². The standard InChI is InChI=1S/Cu.GeH3.H2S.Sn.Zn.4H/h;1H3;1H2;;;;;;/q;+1;;;;;;;/p-1. The minimum absolute atomic E-state index is 0. The molecule has 0 atom stereocenters. The van der Waals surface area contributed by atoms with Gasteiger partial charge in [-0.15, -0.1) is 0 Å². The van der Waals surface area contributed by atoms with E-state index in [2.05, 4.69) is 0 Å². The SMILES string of the molecule is [Cu].[GeH3+].[SH-].[SnH4].[Zn]. The molecule has 0 aliphatic carbocycles. The Morgan fingerprint density at radius 2 is 1.00 bits per heavy atom. The summed E-state index contributed by atoms with van der Waals surface area (Å²) in [4.78, 5) is 0. The van der Waals surface area contributed by atoms with Crippen LogP contribution in [0.3, 0.4) is 0 Å². The molecule has 0 heterocycles. The van der Waals surface area contributed by atoms with E-state index in [0.29, 0.717) is 0 Å². The third-order valence-electron chi connectivity index (χ3n) is 0. The smallest absolute Gasteiger partial charge is 0 e. The van der Waals surface area contributed by atoms with Crippen molar-refractivity contribution in [2.45, 2.75) is 0 Å². The van der Waals surface area contributed by atoms with E-state index in [1.165, 1.54) is 0 Å². The second-order valence-corrected chi connectivity index (χ2v) is 0. The molecule has 0 rings (SSSR count). The second-order valence-electron chi connectivity index (χ2n) is 0. The van der Waals surface area contributed by atoms with Gasteiger partial charge in [0.25, 0.3) is 0 Å². The van der Waals surface area contributed by atoms with E-state index in [0.717, 1.165) is 0 Å². The Kier molecular flexibility index (Phi) is 264. The van der Waals surface area contributed by atoms with Crippen molar-refractivity contribution in [1.29, 1.82) is 0 Å². The van der Waals surface area contributed by atoms with Crippen LogP contribution >= 0.6 is 0 Å². The monoisotopic (exact) mass is 361 g/mol. The zero-order valence-corrected chi connectivity index (χ0v) is 11.5. The summed E-state index contributed by atoms with van der Waals surface area (Å²) in [6.07, 6.45) is 0. The Morgan fingerprint density at radius 1 is 1.00 bits per heavy atom. The largest absolute Gasteiger partial charge is 0 e. The van der Waals surface area contributed by atoms with E-state index >= 15 is 0 Å². The Hall–Kier alpha value is 2.83. The van der Waals surface area contributed by atoms with Gasteiger partial charge < -0.3 is 13.5 Å². The number of thiol groups is 1.